The van der Waals surface area contributed by atoms with Crippen molar-refractivity contribution in [1.82, 2.24) is 14.5 Å². The predicted molar refractivity (Wildman–Crippen MR) is 110 cm³/mol. The van der Waals surface area contributed by atoms with E-state index < -0.39 is 0 Å². The second kappa shape index (κ2) is 7.48. The number of fused-ring (bicyclic) bond motifs is 1. The number of rotatable bonds is 3. The van der Waals surface area contributed by atoms with Crippen molar-refractivity contribution in [3.8, 4) is 0 Å². The maximum Gasteiger partial charge on any atom is 0.264 e. The Morgan fingerprint density at radius 2 is 1.89 bits per heavy atom. The summed E-state index contributed by atoms with van der Waals surface area (Å²) in [7, 11) is 0. The number of nitrogens with zero attached hydrogens (tertiary/aromatic N) is 3. The van der Waals surface area contributed by atoms with Crippen molar-refractivity contribution in [2.45, 2.75) is 39.5 Å². The second-order valence-corrected chi connectivity index (χ2v) is 8.37. The molecule has 1 fully saturated rings. The average Bonchev–Trinajstić information content (AvgIpc) is 3.01. The molecule has 1 aliphatic rings. The standard InChI is InChI=1S/C21H23N3O3S/c1-13-9-23(10-14(2)27-13)21(26)18-15(3)17-19(28-18)22-12-24(20(17)25)11-16-7-5-4-6-8-16/h4-8,12-14H,9-11H2,1-3H3. The Balaban J connectivity index is 1.70. The molecule has 1 amide bonds. The van der Waals surface area contributed by atoms with Crippen LogP contribution in [0.1, 0.15) is 34.6 Å². The summed E-state index contributed by atoms with van der Waals surface area (Å²) in [5.74, 6) is -0.0449. The van der Waals surface area contributed by atoms with Crippen molar-refractivity contribution in [2.24, 2.45) is 0 Å². The molecule has 1 aliphatic heterocycles. The summed E-state index contributed by atoms with van der Waals surface area (Å²) in [5, 5.41) is 0.543. The van der Waals surface area contributed by atoms with Gasteiger partial charge in [-0.2, -0.15) is 0 Å². The van der Waals surface area contributed by atoms with E-state index in [1.54, 1.807) is 10.9 Å². The number of morpholine rings is 1. The van der Waals surface area contributed by atoms with Crippen LogP contribution < -0.4 is 5.56 Å². The molecule has 0 radical (unpaired) electrons. The zero-order valence-corrected chi connectivity index (χ0v) is 17.0. The van der Waals surface area contributed by atoms with Crippen LogP contribution in [0.3, 0.4) is 0 Å². The van der Waals surface area contributed by atoms with Crippen LogP contribution in [0.15, 0.2) is 41.5 Å². The third-order valence-corrected chi connectivity index (χ3v) is 6.20. The molecular formula is C21H23N3O3S. The van der Waals surface area contributed by atoms with Crippen LogP contribution in [-0.4, -0.2) is 45.7 Å². The van der Waals surface area contributed by atoms with Crippen LogP contribution in [0.25, 0.3) is 10.2 Å². The second-order valence-electron chi connectivity index (χ2n) is 7.37. The molecule has 0 spiro atoms. The number of ether oxygens (including phenoxy) is 1. The van der Waals surface area contributed by atoms with E-state index in [0.29, 0.717) is 34.7 Å². The molecule has 0 N–H and O–H groups in total. The molecule has 3 heterocycles. The highest BCUT2D eigenvalue weighted by atomic mass is 32.1. The van der Waals surface area contributed by atoms with Crippen LogP contribution in [0.2, 0.25) is 0 Å². The minimum atomic E-state index is -0.106. The number of aromatic nitrogens is 2. The van der Waals surface area contributed by atoms with Crippen LogP contribution in [0.4, 0.5) is 0 Å². The molecule has 0 bridgehead atoms. The number of benzene rings is 1. The summed E-state index contributed by atoms with van der Waals surface area (Å²) in [6, 6.07) is 9.80. The van der Waals surface area contributed by atoms with E-state index in [1.165, 1.54) is 11.3 Å². The van der Waals surface area contributed by atoms with Crippen LogP contribution in [0, 0.1) is 6.92 Å². The Bertz CT molecular complexity index is 1060. The minimum Gasteiger partial charge on any atom is -0.372 e. The first-order chi connectivity index (χ1) is 13.4. The number of thiophene rings is 1. The van der Waals surface area contributed by atoms with Gasteiger partial charge in [0, 0.05) is 13.1 Å². The van der Waals surface area contributed by atoms with Gasteiger partial charge in [0.05, 0.1) is 35.3 Å². The smallest absolute Gasteiger partial charge is 0.264 e. The van der Waals surface area contributed by atoms with E-state index in [9.17, 15) is 9.59 Å². The summed E-state index contributed by atoms with van der Waals surface area (Å²) in [4.78, 5) is 33.7. The molecule has 2 atom stereocenters. The molecular weight excluding hydrogens is 374 g/mol. The number of hydrogen-bond acceptors (Lipinski definition) is 5. The first kappa shape index (κ1) is 18.8. The minimum absolute atomic E-state index is 0.00334. The third-order valence-electron chi connectivity index (χ3n) is 5.01. The Kier molecular flexibility index (Phi) is 5.03. The predicted octanol–water partition coefficient (Wildman–Crippen LogP) is 3.06. The summed E-state index contributed by atoms with van der Waals surface area (Å²) in [5.41, 5.74) is 1.65. The molecule has 146 valence electrons. The van der Waals surface area contributed by atoms with Gasteiger partial charge in [-0.15, -0.1) is 11.3 Å². The zero-order chi connectivity index (χ0) is 19.8. The Labute approximate surface area is 167 Å². The SMILES string of the molecule is Cc1c(C(=O)N2CC(C)OC(C)C2)sc2ncn(Cc3ccccc3)c(=O)c12. The van der Waals surface area contributed by atoms with Gasteiger partial charge in [-0.1, -0.05) is 30.3 Å². The molecule has 28 heavy (non-hydrogen) atoms. The van der Waals surface area contributed by atoms with Crippen molar-refractivity contribution in [2.75, 3.05) is 13.1 Å². The first-order valence-electron chi connectivity index (χ1n) is 9.41. The normalized spacial score (nSPS) is 19.9. The van der Waals surface area contributed by atoms with Gasteiger partial charge in [-0.25, -0.2) is 4.98 Å². The summed E-state index contributed by atoms with van der Waals surface area (Å²) in [6.45, 7) is 7.36. The van der Waals surface area contributed by atoms with Gasteiger partial charge in [0.25, 0.3) is 11.5 Å². The molecule has 4 rings (SSSR count). The van der Waals surface area contributed by atoms with Crippen LogP contribution >= 0.6 is 11.3 Å². The van der Waals surface area contributed by atoms with Gasteiger partial charge in [-0.05, 0) is 31.9 Å². The van der Waals surface area contributed by atoms with Crippen molar-refractivity contribution in [3.05, 3.63) is 63.0 Å². The molecule has 6 nitrogen and oxygen atoms in total. The fraction of sp³-hybridized carbons (Fsp3) is 0.381. The highest BCUT2D eigenvalue weighted by Crippen LogP contribution is 2.29. The van der Waals surface area contributed by atoms with E-state index in [1.807, 2.05) is 56.0 Å². The average molecular weight is 398 g/mol. The zero-order valence-electron chi connectivity index (χ0n) is 16.2. The maximum absolute atomic E-state index is 13.1. The molecule has 2 aromatic heterocycles. The van der Waals surface area contributed by atoms with Gasteiger partial charge in [-0.3, -0.25) is 14.2 Å². The fourth-order valence-corrected chi connectivity index (χ4v) is 4.85. The van der Waals surface area contributed by atoms with Crippen LogP contribution in [-0.2, 0) is 11.3 Å². The highest BCUT2D eigenvalue weighted by molar-refractivity contribution is 7.20. The molecule has 1 aromatic carbocycles. The third kappa shape index (κ3) is 3.47. The highest BCUT2D eigenvalue weighted by Gasteiger charge is 2.29. The Hall–Kier alpha value is -2.51. The van der Waals surface area contributed by atoms with E-state index in [0.717, 1.165) is 11.1 Å². The summed E-state index contributed by atoms with van der Waals surface area (Å²) >= 11 is 1.30. The van der Waals surface area contributed by atoms with E-state index in [2.05, 4.69) is 4.98 Å². The van der Waals surface area contributed by atoms with E-state index in [4.69, 9.17) is 4.74 Å². The topological polar surface area (TPSA) is 64.4 Å². The monoisotopic (exact) mass is 397 g/mol. The lowest BCUT2D eigenvalue weighted by Crippen LogP contribution is -2.48. The van der Waals surface area contributed by atoms with Gasteiger partial charge < -0.3 is 9.64 Å². The van der Waals surface area contributed by atoms with Gasteiger partial charge in [0.15, 0.2) is 0 Å². The number of carbonyl (C=O) groups is 1. The Morgan fingerprint density at radius 3 is 2.57 bits per heavy atom. The number of carbonyl (C=O) groups excluding carboxylic acids is 1. The van der Waals surface area contributed by atoms with Crippen molar-refractivity contribution in [3.63, 3.8) is 0 Å². The molecule has 3 aromatic rings. The molecule has 7 heteroatoms. The molecule has 0 aliphatic carbocycles. The van der Waals surface area contributed by atoms with E-state index >= 15 is 0 Å². The van der Waals surface area contributed by atoms with Crippen molar-refractivity contribution >= 4 is 27.5 Å². The largest absolute Gasteiger partial charge is 0.372 e. The number of hydrogen-bond donors (Lipinski definition) is 0. The van der Waals surface area contributed by atoms with E-state index in [-0.39, 0.29) is 23.7 Å². The molecule has 2 unspecified atom stereocenters. The summed E-state index contributed by atoms with van der Waals surface area (Å²) in [6.07, 6.45) is 1.58. The van der Waals surface area contributed by atoms with Gasteiger partial charge >= 0.3 is 0 Å². The molecule has 1 saturated heterocycles. The summed E-state index contributed by atoms with van der Waals surface area (Å²) < 4.78 is 7.33. The Morgan fingerprint density at radius 1 is 1.21 bits per heavy atom. The number of amides is 1. The fourth-order valence-electron chi connectivity index (χ4n) is 3.74. The first-order valence-corrected chi connectivity index (χ1v) is 10.2. The number of aryl methyl sites for hydroxylation is 1. The lowest BCUT2D eigenvalue weighted by atomic mass is 10.1. The van der Waals surface area contributed by atoms with Crippen LogP contribution in [0.5, 0.6) is 0 Å². The lowest BCUT2D eigenvalue weighted by Gasteiger charge is -2.35. The molecule has 0 saturated carbocycles. The lowest BCUT2D eigenvalue weighted by molar-refractivity contribution is -0.0585. The van der Waals surface area contributed by atoms with Crippen molar-refractivity contribution in [1.29, 1.82) is 0 Å². The maximum atomic E-state index is 13.1. The van der Waals surface area contributed by atoms with Gasteiger partial charge in [0.1, 0.15) is 4.83 Å². The van der Waals surface area contributed by atoms with Crippen molar-refractivity contribution < 1.29 is 9.53 Å². The van der Waals surface area contributed by atoms with Gasteiger partial charge in [0.2, 0.25) is 0 Å². The quantitative estimate of drug-likeness (QED) is 0.681.